The largest absolute Gasteiger partial charge is 0.355 e. The van der Waals surface area contributed by atoms with Crippen LogP contribution in [0.2, 0.25) is 0 Å². The second-order valence-electron chi connectivity index (χ2n) is 7.19. The summed E-state index contributed by atoms with van der Waals surface area (Å²) < 4.78 is 31.7. The van der Waals surface area contributed by atoms with Crippen LogP contribution >= 0.6 is 0 Å². The second-order valence-corrected chi connectivity index (χ2v) is 9.31. The molecule has 0 spiro atoms. The summed E-state index contributed by atoms with van der Waals surface area (Å²) in [6, 6.07) is 21.3. The standard InChI is InChI=1S/C23H21N3O4S/c1-26(2)31(28,29)21-11-7-6-10-18(21)15-24-23(27)17-12-13-20-19(14-17)22(30-25-20)16-8-4-3-5-9-16/h3-14H,15H2,1-2H3,(H,24,27). The topological polar surface area (TPSA) is 92.5 Å². The van der Waals surface area contributed by atoms with Gasteiger partial charge in [0.2, 0.25) is 10.0 Å². The number of aromatic nitrogens is 1. The van der Waals surface area contributed by atoms with Crippen LogP contribution in [0.15, 0.2) is 82.2 Å². The Bertz CT molecular complexity index is 1350. The number of rotatable bonds is 6. The van der Waals surface area contributed by atoms with Crippen molar-refractivity contribution in [3.8, 4) is 11.3 Å². The van der Waals surface area contributed by atoms with E-state index in [2.05, 4.69) is 10.5 Å². The molecule has 0 saturated heterocycles. The Morgan fingerprint density at radius 2 is 1.71 bits per heavy atom. The second kappa shape index (κ2) is 8.33. The molecule has 0 fully saturated rings. The van der Waals surface area contributed by atoms with Crippen molar-refractivity contribution in [1.82, 2.24) is 14.8 Å². The highest BCUT2D eigenvalue weighted by molar-refractivity contribution is 7.89. The molecule has 0 bridgehead atoms. The van der Waals surface area contributed by atoms with Crippen LogP contribution < -0.4 is 5.32 Å². The van der Waals surface area contributed by atoms with Crippen molar-refractivity contribution in [2.45, 2.75) is 11.4 Å². The fraction of sp³-hybridized carbons (Fsp3) is 0.130. The van der Waals surface area contributed by atoms with E-state index in [1.807, 2.05) is 30.3 Å². The van der Waals surface area contributed by atoms with E-state index in [0.717, 1.165) is 15.3 Å². The quantitative estimate of drug-likeness (QED) is 0.499. The van der Waals surface area contributed by atoms with Gasteiger partial charge in [-0.3, -0.25) is 4.79 Å². The van der Waals surface area contributed by atoms with Crippen LogP contribution in [-0.2, 0) is 16.6 Å². The lowest BCUT2D eigenvalue weighted by atomic mass is 10.1. The van der Waals surface area contributed by atoms with Crippen molar-refractivity contribution in [3.05, 3.63) is 83.9 Å². The van der Waals surface area contributed by atoms with Crippen LogP contribution in [-0.4, -0.2) is 37.9 Å². The number of hydrogen-bond acceptors (Lipinski definition) is 5. The lowest BCUT2D eigenvalue weighted by Crippen LogP contribution is -2.27. The number of sulfonamides is 1. The average Bonchev–Trinajstić information content (AvgIpc) is 3.21. The number of carbonyl (C=O) groups excluding carboxylic acids is 1. The molecule has 0 aliphatic rings. The molecule has 1 aromatic heterocycles. The molecular formula is C23H21N3O4S. The number of nitrogens with zero attached hydrogens (tertiary/aromatic N) is 2. The number of carbonyl (C=O) groups is 1. The van der Waals surface area contributed by atoms with Gasteiger partial charge in [-0.1, -0.05) is 53.7 Å². The Labute approximate surface area is 180 Å². The van der Waals surface area contributed by atoms with Gasteiger partial charge in [-0.2, -0.15) is 0 Å². The van der Waals surface area contributed by atoms with Gasteiger partial charge < -0.3 is 9.84 Å². The van der Waals surface area contributed by atoms with Crippen LogP contribution in [0, 0.1) is 0 Å². The molecule has 0 radical (unpaired) electrons. The molecule has 1 N–H and O–H groups in total. The number of fused-ring (bicyclic) bond motifs is 1. The van der Waals surface area contributed by atoms with Gasteiger partial charge in [0, 0.05) is 31.8 Å². The van der Waals surface area contributed by atoms with E-state index < -0.39 is 10.0 Å². The smallest absolute Gasteiger partial charge is 0.251 e. The van der Waals surface area contributed by atoms with Gasteiger partial charge in [0.25, 0.3) is 5.91 Å². The van der Waals surface area contributed by atoms with E-state index >= 15 is 0 Å². The van der Waals surface area contributed by atoms with Crippen molar-refractivity contribution in [2.75, 3.05) is 14.1 Å². The van der Waals surface area contributed by atoms with Gasteiger partial charge in [-0.05, 0) is 29.8 Å². The summed E-state index contributed by atoms with van der Waals surface area (Å²) in [6.45, 7) is 0.0787. The molecule has 1 amide bonds. The van der Waals surface area contributed by atoms with Gasteiger partial charge in [0.1, 0.15) is 5.52 Å². The fourth-order valence-electron chi connectivity index (χ4n) is 3.26. The Balaban J connectivity index is 1.59. The SMILES string of the molecule is CN(C)S(=O)(=O)c1ccccc1CNC(=O)c1ccc2noc(-c3ccccc3)c2c1. The highest BCUT2D eigenvalue weighted by Crippen LogP contribution is 2.29. The Hall–Kier alpha value is -3.49. The zero-order valence-corrected chi connectivity index (χ0v) is 17.9. The summed E-state index contributed by atoms with van der Waals surface area (Å²) in [4.78, 5) is 13.0. The van der Waals surface area contributed by atoms with Crippen molar-refractivity contribution >= 4 is 26.8 Å². The normalized spacial score (nSPS) is 11.7. The molecule has 158 valence electrons. The van der Waals surface area contributed by atoms with E-state index in [1.54, 1.807) is 36.4 Å². The number of amides is 1. The maximum absolute atomic E-state index is 12.8. The molecule has 7 nitrogen and oxygen atoms in total. The van der Waals surface area contributed by atoms with Gasteiger partial charge in [-0.25, -0.2) is 12.7 Å². The molecule has 31 heavy (non-hydrogen) atoms. The van der Waals surface area contributed by atoms with Gasteiger partial charge in [0.15, 0.2) is 5.76 Å². The zero-order chi connectivity index (χ0) is 22.0. The average molecular weight is 436 g/mol. The molecule has 0 saturated carbocycles. The zero-order valence-electron chi connectivity index (χ0n) is 17.1. The number of benzene rings is 3. The van der Waals surface area contributed by atoms with E-state index in [4.69, 9.17) is 4.52 Å². The minimum atomic E-state index is -3.62. The predicted octanol–water partition coefficient (Wildman–Crippen LogP) is 3.68. The summed E-state index contributed by atoms with van der Waals surface area (Å²) in [7, 11) is -0.665. The van der Waals surface area contributed by atoms with Crippen molar-refractivity contribution in [3.63, 3.8) is 0 Å². The highest BCUT2D eigenvalue weighted by Gasteiger charge is 2.21. The molecule has 0 atom stereocenters. The first-order chi connectivity index (χ1) is 14.9. The highest BCUT2D eigenvalue weighted by atomic mass is 32.2. The lowest BCUT2D eigenvalue weighted by Gasteiger charge is -2.15. The lowest BCUT2D eigenvalue weighted by molar-refractivity contribution is 0.0950. The molecule has 3 aromatic carbocycles. The van der Waals surface area contributed by atoms with Gasteiger partial charge in [0.05, 0.1) is 10.3 Å². The van der Waals surface area contributed by atoms with Crippen molar-refractivity contribution < 1.29 is 17.7 Å². The first-order valence-corrected chi connectivity index (χ1v) is 11.1. The monoisotopic (exact) mass is 435 g/mol. The Morgan fingerprint density at radius 3 is 2.45 bits per heavy atom. The summed E-state index contributed by atoms with van der Waals surface area (Å²) in [5, 5.41) is 7.61. The molecule has 8 heteroatoms. The third-order valence-electron chi connectivity index (χ3n) is 4.95. The number of hydrogen-bond donors (Lipinski definition) is 1. The molecule has 0 aliphatic carbocycles. The van der Waals surface area contributed by atoms with Crippen LogP contribution in [0.25, 0.3) is 22.2 Å². The first-order valence-electron chi connectivity index (χ1n) is 9.61. The molecule has 4 rings (SSSR count). The third-order valence-corrected chi connectivity index (χ3v) is 6.86. The van der Waals surface area contributed by atoms with Gasteiger partial charge in [-0.15, -0.1) is 0 Å². The molecular weight excluding hydrogens is 414 g/mol. The molecule has 4 aromatic rings. The first kappa shape index (κ1) is 20.8. The fourth-order valence-corrected chi connectivity index (χ4v) is 4.37. The van der Waals surface area contributed by atoms with Crippen molar-refractivity contribution in [1.29, 1.82) is 0 Å². The predicted molar refractivity (Wildman–Crippen MR) is 118 cm³/mol. The van der Waals surface area contributed by atoms with E-state index in [-0.39, 0.29) is 17.3 Å². The summed E-state index contributed by atoms with van der Waals surface area (Å²) >= 11 is 0. The van der Waals surface area contributed by atoms with E-state index in [9.17, 15) is 13.2 Å². The van der Waals surface area contributed by atoms with Crippen LogP contribution in [0.1, 0.15) is 15.9 Å². The minimum Gasteiger partial charge on any atom is -0.355 e. The maximum Gasteiger partial charge on any atom is 0.251 e. The van der Waals surface area contributed by atoms with E-state index in [0.29, 0.717) is 22.4 Å². The van der Waals surface area contributed by atoms with E-state index in [1.165, 1.54) is 20.2 Å². The molecule has 0 aliphatic heterocycles. The molecule has 1 heterocycles. The van der Waals surface area contributed by atoms with Gasteiger partial charge >= 0.3 is 0 Å². The number of nitrogens with one attached hydrogen (secondary N) is 1. The third kappa shape index (κ3) is 4.08. The maximum atomic E-state index is 12.8. The van der Waals surface area contributed by atoms with Crippen LogP contribution in [0.3, 0.4) is 0 Å². The minimum absolute atomic E-state index is 0.0787. The Kier molecular flexibility index (Phi) is 5.58. The van der Waals surface area contributed by atoms with Crippen LogP contribution in [0.4, 0.5) is 0 Å². The summed E-state index contributed by atoms with van der Waals surface area (Å²) in [5.74, 6) is 0.270. The summed E-state index contributed by atoms with van der Waals surface area (Å²) in [5.41, 5.74) is 2.46. The Morgan fingerprint density at radius 1 is 1.00 bits per heavy atom. The van der Waals surface area contributed by atoms with Crippen molar-refractivity contribution in [2.24, 2.45) is 0 Å². The van der Waals surface area contributed by atoms with Crippen LogP contribution in [0.5, 0.6) is 0 Å². The molecule has 0 unspecified atom stereocenters. The summed E-state index contributed by atoms with van der Waals surface area (Å²) in [6.07, 6.45) is 0.